The lowest BCUT2D eigenvalue weighted by atomic mass is 10.3. The van der Waals surface area contributed by atoms with Crippen LogP contribution >= 0.6 is 12.2 Å². The van der Waals surface area contributed by atoms with Gasteiger partial charge in [-0.2, -0.15) is 0 Å². The molecule has 2 atom stereocenters. The molecule has 2 aliphatic heterocycles. The van der Waals surface area contributed by atoms with Gasteiger partial charge in [-0.3, -0.25) is 5.43 Å². The predicted octanol–water partition coefficient (Wildman–Crippen LogP) is -0.602. The highest BCUT2D eigenvalue weighted by Gasteiger charge is 2.46. The van der Waals surface area contributed by atoms with Gasteiger partial charge in [-0.1, -0.05) is 0 Å². The Hall–Kier alpha value is -1.08. The molecule has 2 amide bonds. The van der Waals surface area contributed by atoms with Crippen molar-refractivity contribution >= 4 is 23.4 Å². The topological polar surface area (TPSA) is 59.6 Å². The lowest BCUT2D eigenvalue weighted by Gasteiger charge is -2.34. The predicted molar refractivity (Wildman–Crippen MR) is 59.7 cm³/mol. The van der Waals surface area contributed by atoms with Gasteiger partial charge in [-0.05, 0) is 26.1 Å². The summed E-state index contributed by atoms with van der Waals surface area (Å²) in [6.45, 7) is 5.27. The van der Waals surface area contributed by atoms with Crippen LogP contribution in [0.5, 0.6) is 0 Å². The van der Waals surface area contributed by atoms with Crippen LogP contribution in [-0.2, 0) is 0 Å². The van der Waals surface area contributed by atoms with Crippen molar-refractivity contribution < 1.29 is 4.79 Å². The van der Waals surface area contributed by atoms with Gasteiger partial charge in [0, 0.05) is 13.1 Å². The molecular weight excluding hydrogens is 214 g/mol. The molecule has 0 unspecified atom stereocenters. The molecule has 0 aromatic rings. The molecule has 0 bridgehead atoms. The first-order valence-corrected chi connectivity index (χ1v) is 5.49. The van der Waals surface area contributed by atoms with Crippen LogP contribution in [0.15, 0.2) is 0 Å². The fourth-order valence-electron chi connectivity index (χ4n) is 2.03. The van der Waals surface area contributed by atoms with E-state index < -0.39 is 0 Å². The Kier molecular flexibility index (Phi) is 2.66. The molecule has 7 heteroatoms. The Bertz CT molecular complexity index is 297. The van der Waals surface area contributed by atoms with Crippen molar-refractivity contribution in [3.05, 3.63) is 0 Å². The SMILES string of the molecule is CCN1C(=O)N(CC)[C@H]2NC(=S)NN[C@H]21. The minimum Gasteiger partial charge on any atom is -0.338 e. The lowest BCUT2D eigenvalue weighted by Crippen LogP contribution is -2.68. The van der Waals surface area contributed by atoms with Gasteiger partial charge in [-0.25, -0.2) is 10.2 Å². The Morgan fingerprint density at radius 1 is 1.27 bits per heavy atom. The molecule has 2 rings (SSSR count). The number of likely N-dealkylation sites (N-methyl/N-ethyl adjacent to an activating group) is 2. The van der Waals surface area contributed by atoms with E-state index in [0.717, 1.165) is 0 Å². The molecule has 84 valence electrons. The Balaban J connectivity index is 2.23. The number of carbonyl (C=O) groups is 1. The first-order valence-electron chi connectivity index (χ1n) is 5.08. The van der Waals surface area contributed by atoms with Crippen LogP contribution in [0.2, 0.25) is 0 Å². The van der Waals surface area contributed by atoms with E-state index in [9.17, 15) is 4.79 Å². The molecule has 0 aromatic carbocycles. The molecule has 0 radical (unpaired) electrons. The number of thiocarbonyl (C=S) groups is 1. The quantitative estimate of drug-likeness (QED) is 0.552. The minimum absolute atomic E-state index is 0.0431. The number of hydrogen-bond donors (Lipinski definition) is 3. The molecule has 15 heavy (non-hydrogen) atoms. The third-order valence-corrected chi connectivity index (χ3v) is 2.98. The van der Waals surface area contributed by atoms with Gasteiger partial charge in [0.1, 0.15) is 12.3 Å². The molecule has 0 aliphatic carbocycles. The number of fused-ring (bicyclic) bond motifs is 1. The molecule has 2 fully saturated rings. The van der Waals surface area contributed by atoms with E-state index in [2.05, 4.69) is 16.2 Å². The second kappa shape index (κ2) is 3.82. The maximum atomic E-state index is 11.9. The third kappa shape index (κ3) is 1.51. The van der Waals surface area contributed by atoms with E-state index in [0.29, 0.717) is 18.2 Å². The van der Waals surface area contributed by atoms with Gasteiger partial charge in [0.2, 0.25) is 0 Å². The summed E-state index contributed by atoms with van der Waals surface area (Å²) in [6, 6.07) is 0.0431. The number of amides is 2. The van der Waals surface area contributed by atoms with E-state index in [1.54, 1.807) is 9.80 Å². The van der Waals surface area contributed by atoms with Crippen LogP contribution in [-0.4, -0.2) is 46.4 Å². The molecule has 2 aliphatic rings. The fraction of sp³-hybridized carbons (Fsp3) is 0.750. The summed E-state index contributed by atoms with van der Waals surface area (Å²) >= 11 is 5.00. The van der Waals surface area contributed by atoms with Crippen molar-refractivity contribution in [3.63, 3.8) is 0 Å². The highest BCUT2D eigenvalue weighted by Crippen LogP contribution is 2.20. The van der Waals surface area contributed by atoms with Crippen molar-refractivity contribution in [1.82, 2.24) is 26.0 Å². The summed E-state index contributed by atoms with van der Waals surface area (Å²) in [5.41, 5.74) is 5.87. The van der Waals surface area contributed by atoms with E-state index in [-0.39, 0.29) is 18.4 Å². The van der Waals surface area contributed by atoms with E-state index in [1.165, 1.54) is 0 Å². The van der Waals surface area contributed by atoms with E-state index >= 15 is 0 Å². The maximum absolute atomic E-state index is 11.9. The van der Waals surface area contributed by atoms with E-state index in [1.807, 2.05) is 13.8 Å². The zero-order valence-electron chi connectivity index (χ0n) is 8.78. The van der Waals surface area contributed by atoms with Gasteiger partial charge in [0.25, 0.3) is 0 Å². The summed E-state index contributed by atoms with van der Waals surface area (Å²) in [5.74, 6) is 0. The zero-order valence-corrected chi connectivity index (χ0v) is 9.60. The first-order chi connectivity index (χ1) is 7.19. The lowest BCUT2D eigenvalue weighted by molar-refractivity contribution is 0.183. The van der Waals surface area contributed by atoms with Crippen LogP contribution < -0.4 is 16.2 Å². The van der Waals surface area contributed by atoms with Crippen LogP contribution in [0.1, 0.15) is 13.8 Å². The summed E-state index contributed by atoms with van der Waals surface area (Å²) in [7, 11) is 0. The zero-order chi connectivity index (χ0) is 11.0. The second-order valence-electron chi connectivity index (χ2n) is 3.49. The molecule has 0 aromatic heterocycles. The van der Waals surface area contributed by atoms with Crippen molar-refractivity contribution in [2.24, 2.45) is 0 Å². The van der Waals surface area contributed by atoms with Gasteiger partial charge in [0.15, 0.2) is 5.11 Å². The number of hydrogen-bond acceptors (Lipinski definition) is 3. The number of nitrogens with zero attached hydrogens (tertiary/aromatic N) is 2. The van der Waals surface area contributed by atoms with Crippen LogP contribution in [0, 0.1) is 0 Å². The number of nitrogens with one attached hydrogen (secondary N) is 3. The molecule has 6 nitrogen and oxygen atoms in total. The summed E-state index contributed by atoms with van der Waals surface area (Å²) < 4.78 is 0. The highest BCUT2D eigenvalue weighted by molar-refractivity contribution is 7.80. The van der Waals surface area contributed by atoms with Crippen molar-refractivity contribution in [2.45, 2.75) is 26.2 Å². The maximum Gasteiger partial charge on any atom is 0.323 e. The average Bonchev–Trinajstić information content (AvgIpc) is 2.48. The highest BCUT2D eigenvalue weighted by atomic mass is 32.1. The minimum atomic E-state index is -0.0730. The number of rotatable bonds is 2. The van der Waals surface area contributed by atoms with Crippen molar-refractivity contribution in [1.29, 1.82) is 0 Å². The second-order valence-corrected chi connectivity index (χ2v) is 3.90. The van der Waals surface area contributed by atoms with Gasteiger partial charge < -0.3 is 15.1 Å². The van der Waals surface area contributed by atoms with Gasteiger partial charge in [-0.15, -0.1) is 0 Å². The van der Waals surface area contributed by atoms with Gasteiger partial charge >= 0.3 is 6.03 Å². The Morgan fingerprint density at radius 2 is 1.87 bits per heavy atom. The first kappa shape index (κ1) is 10.4. The van der Waals surface area contributed by atoms with Crippen LogP contribution in [0.4, 0.5) is 4.79 Å². The molecule has 0 spiro atoms. The standard InChI is InChI=1S/C8H15N5OS/c1-3-12-5-6(10-11-7(15)9-5)13(4-2)8(12)14/h5-6,10H,3-4H2,1-2H3,(H2,9,11,15)/t5-,6+/m1/s1. The summed E-state index contributed by atoms with van der Waals surface area (Å²) in [5, 5.41) is 3.62. The molecule has 0 saturated carbocycles. The number of urea groups is 1. The number of hydrazine groups is 1. The molecule has 2 heterocycles. The summed E-state index contributed by atoms with van der Waals surface area (Å²) in [6.07, 6.45) is -0.134. The molecule has 3 N–H and O–H groups in total. The van der Waals surface area contributed by atoms with E-state index in [4.69, 9.17) is 12.2 Å². The molecular formula is C8H15N5OS. The number of carbonyl (C=O) groups excluding carboxylic acids is 1. The Morgan fingerprint density at radius 3 is 2.47 bits per heavy atom. The molecule has 2 saturated heterocycles. The van der Waals surface area contributed by atoms with Crippen molar-refractivity contribution in [2.75, 3.05) is 13.1 Å². The third-order valence-electron chi connectivity index (χ3n) is 2.76. The van der Waals surface area contributed by atoms with Crippen LogP contribution in [0.25, 0.3) is 0 Å². The largest absolute Gasteiger partial charge is 0.338 e. The Labute approximate surface area is 93.9 Å². The van der Waals surface area contributed by atoms with Gasteiger partial charge in [0.05, 0.1) is 0 Å². The van der Waals surface area contributed by atoms with Crippen LogP contribution in [0.3, 0.4) is 0 Å². The fourth-order valence-corrected chi connectivity index (χ4v) is 2.21. The van der Waals surface area contributed by atoms with Crippen molar-refractivity contribution in [3.8, 4) is 0 Å². The summed E-state index contributed by atoms with van der Waals surface area (Å²) in [4.78, 5) is 15.5. The smallest absolute Gasteiger partial charge is 0.323 e. The normalized spacial score (nSPS) is 30.0. The monoisotopic (exact) mass is 229 g/mol. The average molecular weight is 229 g/mol.